The average molecular weight is 749 g/mol. The molecule has 10 heteroatoms. The molecule has 0 aromatic carbocycles. The SMILES string of the molecule is CC/C=C/C/C=C/C/C=C/C/C=C/C/C=C/CCCCCC(=O)O[C@H](COC(=O)CCCCCCCCCCC)CO[C@@H]1O[C@H](CO)[C@H](O)C(O)C1O. The number of carbonyl (C=O) groups is 2. The van der Waals surface area contributed by atoms with Crippen LogP contribution in [-0.4, -0.2) is 89.0 Å². The molecule has 1 saturated heterocycles. The maximum Gasteiger partial charge on any atom is 0.306 e. The van der Waals surface area contributed by atoms with E-state index in [2.05, 4.69) is 74.6 Å². The molecule has 0 aliphatic carbocycles. The molecule has 0 aromatic rings. The number of aliphatic hydroxyl groups excluding tert-OH is 4. The Labute approximate surface area is 320 Å². The number of hydrogen-bond donors (Lipinski definition) is 4. The molecule has 53 heavy (non-hydrogen) atoms. The molecule has 10 nitrogen and oxygen atoms in total. The second kappa shape index (κ2) is 33.9. The molecule has 4 N–H and O–H groups in total. The third-order valence-electron chi connectivity index (χ3n) is 8.92. The van der Waals surface area contributed by atoms with Gasteiger partial charge in [-0.25, -0.2) is 0 Å². The highest BCUT2D eigenvalue weighted by Gasteiger charge is 2.44. The first kappa shape index (κ1) is 48.4. The van der Waals surface area contributed by atoms with Crippen LogP contribution in [0.2, 0.25) is 0 Å². The summed E-state index contributed by atoms with van der Waals surface area (Å²) in [5.74, 6) is -0.853. The first-order valence-electron chi connectivity index (χ1n) is 20.4. The fourth-order valence-electron chi connectivity index (χ4n) is 5.68. The lowest BCUT2D eigenvalue weighted by atomic mass is 9.99. The summed E-state index contributed by atoms with van der Waals surface area (Å²) in [6, 6.07) is 0. The molecule has 0 amide bonds. The van der Waals surface area contributed by atoms with Crippen molar-refractivity contribution in [3.8, 4) is 0 Å². The van der Waals surface area contributed by atoms with Crippen LogP contribution >= 0.6 is 0 Å². The monoisotopic (exact) mass is 749 g/mol. The summed E-state index contributed by atoms with van der Waals surface area (Å²) in [5, 5.41) is 39.9. The van der Waals surface area contributed by atoms with E-state index in [1.54, 1.807) is 0 Å². The van der Waals surface area contributed by atoms with Gasteiger partial charge < -0.3 is 39.4 Å². The average Bonchev–Trinajstić information content (AvgIpc) is 3.15. The summed E-state index contributed by atoms with van der Waals surface area (Å²) in [7, 11) is 0. The zero-order chi connectivity index (χ0) is 38.8. The second-order valence-electron chi connectivity index (χ2n) is 13.7. The van der Waals surface area contributed by atoms with Crippen LogP contribution in [0.1, 0.15) is 142 Å². The number of ether oxygens (including phenoxy) is 4. The lowest BCUT2D eigenvalue weighted by molar-refractivity contribution is -0.305. The van der Waals surface area contributed by atoms with E-state index < -0.39 is 55.4 Å². The van der Waals surface area contributed by atoms with Crippen LogP contribution in [0.3, 0.4) is 0 Å². The summed E-state index contributed by atoms with van der Waals surface area (Å²) >= 11 is 0. The Hall–Kier alpha value is -2.60. The fraction of sp³-hybridized carbons (Fsp3) is 0.721. The topological polar surface area (TPSA) is 152 Å². The van der Waals surface area contributed by atoms with Gasteiger partial charge in [-0.15, -0.1) is 0 Å². The van der Waals surface area contributed by atoms with Gasteiger partial charge >= 0.3 is 11.9 Å². The summed E-state index contributed by atoms with van der Waals surface area (Å²) in [6.45, 7) is 3.22. The van der Waals surface area contributed by atoms with Crippen LogP contribution in [0.15, 0.2) is 60.8 Å². The van der Waals surface area contributed by atoms with E-state index in [-0.39, 0.29) is 26.1 Å². The van der Waals surface area contributed by atoms with Crippen molar-refractivity contribution in [2.24, 2.45) is 0 Å². The second-order valence-corrected chi connectivity index (χ2v) is 13.7. The predicted molar refractivity (Wildman–Crippen MR) is 210 cm³/mol. The van der Waals surface area contributed by atoms with E-state index in [1.807, 2.05) is 0 Å². The minimum atomic E-state index is -1.60. The first-order valence-corrected chi connectivity index (χ1v) is 20.4. The molecule has 2 unspecified atom stereocenters. The van der Waals surface area contributed by atoms with Crippen molar-refractivity contribution < 1.29 is 49.0 Å². The maximum atomic E-state index is 12.7. The van der Waals surface area contributed by atoms with Crippen LogP contribution in [0.5, 0.6) is 0 Å². The number of hydrogen-bond acceptors (Lipinski definition) is 10. The van der Waals surface area contributed by atoms with Crippen LogP contribution in [0.4, 0.5) is 0 Å². The van der Waals surface area contributed by atoms with Crippen molar-refractivity contribution in [3.63, 3.8) is 0 Å². The van der Waals surface area contributed by atoms with Crippen molar-refractivity contribution in [1.82, 2.24) is 0 Å². The lowest BCUT2D eigenvalue weighted by Gasteiger charge is -2.39. The summed E-state index contributed by atoms with van der Waals surface area (Å²) in [6.07, 6.45) is 32.4. The van der Waals surface area contributed by atoms with Crippen LogP contribution in [0, 0.1) is 0 Å². The van der Waals surface area contributed by atoms with Crippen molar-refractivity contribution in [3.05, 3.63) is 60.8 Å². The van der Waals surface area contributed by atoms with Crippen molar-refractivity contribution in [1.29, 1.82) is 0 Å². The van der Waals surface area contributed by atoms with Gasteiger partial charge in [0.15, 0.2) is 12.4 Å². The van der Waals surface area contributed by atoms with Gasteiger partial charge in [0.25, 0.3) is 0 Å². The van der Waals surface area contributed by atoms with Crippen LogP contribution in [-0.2, 0) is 28.5 Å². The highest BCUT2D eigenvalue weighted by molar-refractivity contribution is 5.70. The number of carbonyl (C=O) groups excluding carboxylic acids is 2. The first-order chi connectivity index (χ1) is 25.8. The van der Waals surface area contributed by atoms with E-state index >= 15 is 0 Å². The molecule has 1 rings (SSSR count). The van der Waals surface area contributed by atoms with E-state index in [1.165, 1.54) is 32.1 Å². The molecule has 0 aromatic heterocycles. The maximum absolute atomic E-state index is 12.7. The van der Waals surface area contributed by atoms with Gasteiger partial charge in [0.05, 0.1) is 13.2 Å². The van der Waals surface area contributed by atoms with Gasteiger partial charge in [0, 0.05) is 12.8 Å². The molecular formula is C43H72O10. The Morgan fingerprint density at radius 3 is 1.68 bits per heavy atom. The Balaban J connectivity index is 2.39. The summed E-state index contributed by atoms with van der Waals surface area (Å²) in [4.78, 5) is 25.2. The van der Waals surface area contributed by atoms with E-state index in [9.17, 15) is 30.0 Å². The van der Waals surface area contributed by atoms with Gasteiger partial charge in [-0.1, -0.05) is 132 Å². The van der Waals surface area contributed by atoms with Gasteiger partial charge in [0.1, 0.15) is 31.0 Å². The van der Waals surface area contributed by atoms with Crippen molar-refractivity contribution in [2.45, 2.75) is 179 Å². The molecule has 0 spiro atoms. The van der Waals surface area contributed by atoms with E-state index in [0.717, 1.165) is 77.0 Å². The Bertz CT molecular complexity index is 1050. The molecular weight excluding hydrogens is 676 g/mol. The highest BCUT2D eigenvalue weighted by atomic mass is 16.7. The summed E-state index contributed by atoms with van der Waals surface area (Å²) < 4.78 is 22.0. The predicted octanol–water partition coefficient (Wildman–Crippen LogP) is 7.88. The molecule has 1 heterocycles. The number of esters is 2. The van der Waals surface area contributed by atoms with E-state index in [4.69, 9.17) is 18.9 Å². The minimum absolute atomic E-state index is 0.189. The number of aliphatic hydroxyl groups is 4. The van der Waals surface area contributed by atoms with Crippen molar-refractivity contribution >= 4 is 11.9 Å². The zero-order valence-electron chi connectivity index (χ0n) is 32.7. The zero-order valence-corrected chi connectivity index (χ0v) is 32.7. The van der Waals surface area contributed by atoms with Gasteiger partial charge in [-0.05, 0) is 57.8 Å². The molecule has 1 aliphatic rings. The number of unbranched alkanes of at least 4 members (excludes halogenated alkanes) is 11. The van der Waals surface area contributed by atoms with Crippen LogP contribution < -0.4 is 0 Å². The van der Waals surface area contributed by atoms with Gasteiger partial charge in [-0.3, -0.25) is 9.59 Å². The Morgan fingerprint density at radius 1 is 0.604 bits per heavy atom. The standard InChI is InChI=1S/C43H72O10/c1-3-5-7-9-11-13-14-15-16-17-18-19-20-21-22-24-26-28-30-32-39(46)52-36(35-51-43-42(49)41(48)40(47)37(33-44)53-43)34-50-38(45)31-29-27-25-23-12-10-8-6-4-2/h5,7,11,13,15-16,18-19,21-22,36-37,40-44,47-49H,3-4,6,8-10,12,14,17,20,23-35H2,1-2H3/b7-5+,13-11+,16-15+,19-18+,22-21+/t36-,37-,40+,41?,42?,43-/m1/s1. The third-order valence-corrected chi connectivity index (χ3v) is 8.92. The Morgan fingerprint density at radius 2 is 1.11 bits per heavy atom. The molecule has 0 bridgehead atoms. The largest absolute Gasteiger partial charge is 0.462 e. The number of rotatable bonds is 32. The summed E-state index contributed by atoms with van der Waals surface area (Å²) in [5.41, 5.74) is 0. The molecule has 1 aliphatic heterocycles. The van der Waals surface area contributed by atoms with Gasteiger partial charge in [0.2, 0.25) is 0 Å². The van der Waals surface area contributed by atoms with E-state index in [0.29, 0.717) is 6.42 Å². The quantitative estimate of drug-likeness (QED) is 0.0304. The Kier molecular flexibility index (Phi) is 31.0. The molecule has 304 valence electrons. The molecule has 0 radical (unpaired) electrons. The third kappa shape index (κ3) is 25.9. The fourth-order valence-corrected chi connectivity index (χ4v) is 5.68. The van der Waals surface area contributed by atoms with Crippen LogP contribution in [0.25, 0.3) is 0 Å². The van der Waals surface area contributed by atoms with Gasteiger partial charge in [-0.2, -0.15) is 0 Å². The number of allylic oxidation sites excluding steroid dienone is 10. The minimum Gasteiger partial charge on any atom is -0.462 e. The molecule has 6 atom stereocenters. The molecule has 0 saturated carbocycles. The smallest absolute Gasteiger partial charge is 0.306 e. The molecule has 1 fully saturated rings. The lowest BCUT2D eigenvalue weighted by Crippen LogP contribution is -2.59. The van der Waals surface area contributed by atoms with Crippen molar-refractivity contribution in [2.75, 3.05) is 19.8 Å². The highest BCUT2D eigenvalue weighted by Crippen LogP contribution is 2.22. The normalized spacial score (nSPS) is 21.5.